The van der Waals surface area contributed by atoms with E-state index in [1.807, 2.05) is 0 Å². The highest BCUT2D eigenvalue weighted by Gasteiger charge is 2.28. The quantitative estimate of drug-likeness (QED) is 0.805. The minimum absolute atomic E-state index is 0.0844. The molecule has 1 atom stereocenters. The van der Waals surface area contributed by atoms with Crippen molar-refractivity contribution in [1.29, 1.82) is 0 Å². The second-order valence-electron chi connectivity index (χ2n) is 6.51. The largest absolute Gasteiger partial charge is 0.341 e. The first-order chi connectivity index (χ1) is 9.70. The van der Waals surface area contributed by atoms with Gasteiger partial charge in [0.15, 0.2) is 0 Å². The summed E-state index contributed by atoms with van der Waals surface area (Å²) in [7, 11) is 2.20. The first kappa shape index (κ1) is 15.8. The summed E-state index contributed by atoms with van der Waals surface area (Å²) in [5.41, 5.74) is 0. The number of piperidine rings is 2. The summed E-state index contributed by atoms with van der Waals surface area (Å²) < 4.78 is 0. The highest BCUT2D eigenvalue weighted by atomic mass is 16.2. The van der Waals surface area contributed by atoms with Crippen molar-refractivity contribution in [1.82, 2.24) is 15.1 Å². The molecular weight excluding hydrogens is 250 g/mol. The molecule has 4 heteroatoms. The SMILES string of the molecule is CCCNC1CCCN(CCC2CCN(C)CC2)C1=O. The highest BCUT2D eigenvalue weighted by molar-refractivity contribution is 5.82. The minimum Gasteiger partial charge on any atom is -0.341 e. The lowest BCUT2D eigenvalue weighted by atomic mass is 9.93. The number of nitrogens with zero attached hydrogens (tertiary/aromatic N) is 2. The highest BCUT2D eigenvalue weighted by Crippen LogP contribution is 2.21. The molecule has 2 rings (SSSR count). The van der Waals surface area contributed by atoms with E-state index in [2.05, 4.69) is 29.1 Å². The van der Waals surface area contributed by atoms with Gasteiger partial charge in [0.05, 0.1) is 6.04 Å². The second-order valence-corrected chi connectivity index (χ2v) is 6.51. The van der Waals surface area contributed by atoms with E-state index in [0.717, 1.165) is 44.8 Å². The Kier molecular flexibility index (Phi) is 6.30. The van der Waals surface area contributed by atoms with Gasteiger partial charge in [0.2, 0.25) is 5.91 Å². The zero-order valence-corrected chi connectivity index (χ0v) is 13.2. The van der Waals surface area contributed by atoms with Crippen LogP contribution in [0.15, 0.2) is 0 Å². The van der Waals surface area contributed by atoms with Gasteiger partial charge in [0.1, 0.15) is 0 Å². The van der Waals surface area contributed by atoms with Crippen molar-refractivity contribution in [2.75, 3.05) is 39.8 Å². The molecule has 0 bridgehead atoms. The fraction of sp³-hybridized carbons (Fsp3) is 0.938. The number of carbonyl (C=O) groups excluding carboxylic acids is 1. The minimum atomic E-state index is 0.0844. The van der Waals surface area contributed by atoms with Gasteiger partial charge in [-0.25, -0.2) is 0 Å². The molecule has 2 heterocycles. The van der Waals surface area contributed by atoms with Gasteiger partial charge in [-0.1, -0.05) is 6.92 Å². The van der Waals surface area contributed by atoms with Gasteiger partial charge < -0.3 is 15.1 Å². The lowest BCUT2D eigenvalue weighted by Gasteiger charge is -2.35. The van der Waals surface area contributed by atoms with E-state index in [-0.39, 0.29) is 6.04 Å². The van der Waals surface area contributed by atoms with Crippen LogP contribution in [0.1, 0.15) is 45.4 Å². The molecule has 0 aromatic carbocycles. The van der Waals surface area contributed by atoms with Crippen molar-refractivity contribution in [3.05, 3.63) is 0 Å². The summed E-state index contributed by atoms with van der Waals surface area (Å²) in [6, 6.07) is 0.0844. The molecule has 1 N–H and O–H groups in total. The molecule has 20 heavy (non-hydrogen) atoms. The van der Waals surface area contributed by atoms with E-state index in [0.29, 0.717) is 5.91 Å². The predicted octanol–water partition coefficient (Wildman–Crippen LogP) is 1.71. The number of nitrogens with one attached hydrogen (secondary N) is 1. The number of rotatable bonds is 6. The standard InChI is InChI=1S/C16H31N3O/c1-3-9-17-15-5-4-10-19(16(15)20)13-8-14-6-11-18(2)12-7-14/h14-15,17H,3-13H2,1-2H3. The molecule has 116 valence electrons. The van der Waals surface area contributed by atoms with Gasteiger partial charge in [0.25, 0.3) is 0 Å². The molecule has 1 unspecified atom stereocenters. The number of amides is 1. The fourth-order valence-corrected chi connectivity index (χ4v) is 3.36. The molecule has 2 fully saturated rings. The Labute approximate surface area is 123 Å². The summed E-state index contributed by atoms with van der Waals surface area (Å²) in [5.74, 6) is 1.17. The fourth-order valence-electron chi connectivity index (χ4n) is 3.36. The van der Waals surface area contributed by atoms with Crippen molar-refractivity contribution in [3.8, 4) is 0 Å². The first-order valence-electron chi connectivity index (χ1n) is 8.41. The van der Waals surface area contributed by atoms with Crippen molar-refractivity contribution < 1.29 is 4.79 Å². The summed E-state index contributed by atoms with van der Waals surface area (Å²) >= 11 is 0. The van der Waals surface area contributed by atoms with Crippen molar-refractivity contribution in [2.24, 2.45) is 5.92 Å². The Bertz CT molecular complexity index is 300. The van der Waals surface area contributed by atoms with Crippen LogP contribution in [0.25, 0.3) is 0 Å². The van der Waals surface area contributed by atoms with Gasteiger partial charge in [0, 0.05) is 13.1 Å². The van der Waals surface area contributed by atoms with Crippen LogP contribution < -0.4 is 5.32 Å². The van der Waals surface area contributed by atoms with Crippen molar-refractivity contribution in [3.63, 3.8) is 0 Å². The topological polar surface area (TPSA) is 35.6 Å². The summed E-state index contributed by atoms with van der Waals surface area (Å²) in [4.78, 5) is 16.9. The van der Waals surface area contributed by atoms with E-state index in [1.54, 1.807) is 0 Å². The Morgan fingerprint density at radius 2 is 1.95 bits per heavy atom. The third-order valence-electron chi connectivity index (χ3n) is 4.82. The van der Waals surface area contributed by atoms with Crippen LogP contribution in [0.4, 0.5) is 0 Å². The number of hydrogen-bond acceptors (Lipinski definition) is 3. The van der Waals surface area contributed by atoms with Crippen LogP contribution >= 0.6 is 0 Å². The lowest BCUT2D eigenvalue weighted by molar-refractivity contribution is -0.136. The van der Waals surface area contributed by atoms with Gasteiger partial charge >= 0.3 is 0 Å². The van der Waals surface area contributed by atoms with Crippen molar-refractivity contribution >= 4 is 5.91 Å². The van der Waals surface area contributed by atoms with E-state index < -0.39 is 0 Å². The summed E-state index contributed by atoms with van der Waals surface area (Å²) in [6.45, 7) is 7.49. The maximum absolute atomic E-state index is 12.4. The Morgan fingerprint density at radius 3 is 2.65 bits per heavy atom. The maximum atomic E-state index is 12.4. The molecule has 2 aliphatic heterocycles. The first-order valence-corrected chi connectivity index (χ1v) is 8.41. The average Bonchev–Trinajstić information content (AvgIpc) is 2.47. The molecule has 1 amide bonds. The van der Waals surface area contributed by atoms with Crippen LogP contribution in [-0.4, -0.2) is 61.5 Å². The zero-order chi connectivity index (χ0) is 14.4. The van der Waals surface area contributed by atoms with Gasteiger partial charge in [-0.2, -0.15) is 0 Å². The van der Waals surface area contributed by atoms with Crippen LogP contribution in [0.5, 0.6) is 0 Å². The van der Waals surface area contributed by atoms with Crippen LogP contribution in [0, 0.1) is 5.92 Å². The van der Waals surface area contributed by atoms with Gasteiger partial charge in [-0.15, -0.1) is 0 Å². The monoisotopic (exact) mass is 281 g/mol. The van der Waals surface area contributed by atoms with Crippen molar-refractivity contribution in [2.45, 2.75) is 51.5 Å². The molecule has 0 aromatic heterocycles. The van der Waals surface area contributed by atoms with E-state index >= 15 is 0 Å². The Balaban J connectivity index is 1.73. The molecular formula is C16H31N3O. The van der Waals surface area contributed by atoms with E-state index in [9.17, 15) is 4.79 Å². The smallest absolute Gasteiger partial charge is 0.239 e. The molecule has 2 saturated heterocycles. The summed E-state index contributed by atoms with van der Waals surface area (Å²) in [6.07, 6.45) is 7.07. The number of likely N-dealkylation sites (tertiary alicyclic amines) is 2. The van der Waals surface area contributed by atoms with Crippen LogP contribution in [0.2, 0.25) is 0 Å². The third-order valence-corrected chi connectivity index (χ3v) is 4.82. The molecule has 0 aliphatic carbocycles. The molecule has 0 aromatic rings. The van der Waals surface area contributed by atoms with Crippen LogP contribution in [0.3, 0.4) is 0 Å². The Hall–Kier alpha value is -0.610. The molecule has 0 spiro atoms. The molecule has 2 aliphatic rings. The molecule has 0 saturated carbocycles. The van der Waals surface area contributed by atoms with Crippen LogP contribution in [-0.2, 0) is 4.79 Å². The predicted molar refractivity (Wildman–Crippen MR) is 82.7 cm³/mol. The Morgan fingerprint density at radius 1 is 1.20 bits per heavy atom. The number of hydrogen-bond donors (Lipinski definition) is 1. The maximum Gasteiger partial charge on any atom is 0.239 e. The summed E-state index contributed by atoms with van der Waals surface area (Å²) in [5, 5.41) is 3.40. The second kappa shape index (κ2) is 7.99. The van der Waals surface area contributed by atoms with Gasteiger partial charge in [-0.05, 0) is 71.1 Å². The normalized spacial score (nSPS) is 26.2. The third kappa shape index (κ3) is 4.45. The number of carbonyl (C=O) groups is 1. The zero-order valence-electron chi connectivity index (χ0n) is 13.2. The van der Waals surface area contributed by atoms with Gasteiger partial charge in [-0.3, -0.25) is 4.79 Å². The van der Waals surface area contributed by atoms with E-state index in [4.69, 9.17) is 0 Å². The molecule has 0 radical (unpaired) electrons. The molecule has 4 nitrogen and oxygen atoms in total. The average molecular weight is 281 g/mol. The lowest BCUT2D eigenvalue weighted by Crippen LogP contribution is -2.51. The van der Waals surface area contributed by atoms with E-state index in [1.165, 1.54) is 32.4 Å².